The summed E-state index contributed by atoms with van der Waals surface area (Å²) in [5.41, 5.74) is 2.13. The molecule has 2 aromatic rings. The average molecular weight is 359 g/mol. The average Bonchev–Trinajstić information content (AvgIpc) is 2.95. The van der Waals surface area contributed by atoms with E-state index in [4.69, 9.17) is 0 Å². The molecule has 132 valence electrons. The van der Waals surface area contributed by atoms with Crippen molar-refractivity contribution < 1.29 is 13.2 Å². The van der Waals surface area contributed by atoms with Gasteiger partial charge in [0, 0.05) is 25.3 Å². The Kier molecular flexibility index (Phi) is 5.35. The summed E-state index contributed by atoms with van der Waals surface area (Å²) in [6, 6.07) is 16.9. The minimum atomic E-state index is -3.13. The third-order valence-electron chi connectivity index (χ3n) is 4.07. The summed E-state index contributed by atoms with van der Waals surface area (Å²) in [5, 5.41) is 6.04. The predicted molar refractivity (Wildman–Crippen MR) is 98.5 cm³/mol. The van der Waals surface area contributed by atoms with Crippen molar-refractivity contribution in [3.05, 3.63) is 60.2 Å². The molecule has 1 amide bonds. The van der Waals surface area contributed by atoms with Crippen molar-refractivity contribution in [1.82, 2.24) is 9.62 Å². The van der Waals surface area contributed by atoms with Crippen LogP contribution in [0, 0.1) is 0 Å². The molecule has 0 aromatic heterocycles. The molecule has 3 rings (SSSR count). The van der Waals surface area contributed by atoms with Gasteiger partial charge in [-0.2, -0.15) is 0 Å². The lowest BCUT2D eigenvalue weighted by molar-refractivity contribution is 0.0952. The van der Waals surface area contributed by atoms with E-state index in [1.165, 1.54) is 4.31 Å². The van der Waals surface area contributed by atoms with E-state index in [1.54, 1.807) is 12.1 Å². The Balaban J connectivity index is 1.62. The Morgan fingerprint density at radius 1 is 1.04 bits per heavy atom. The lowest BCUT2D eigenvalue weighted by Crippen LogP contribution is -2.36. The molecule has 0 unspecified atom stereocenters. The molecule has 0 saturated carbocycles. The van der Waals surface area contributed by atoms with Gasteiger partial charge in [0.1, 0.15) is 0 Å². The number of carbonyl (C=O) groups is 1. The number of para-hydroxylation sites is 2. The number of nitrogens with zero attached hydrogens (tertiary/aromatic N) is 1. The highest BCUT2D eigenvalue weighted by atomic mass is 32.2. The number of nitrogens with one attached hydrogen (secondary N) is 2. The number of benzene rings is 2. The van der Waals surface area contributed by atoms with E-state index in [0.29, 0.717) is 30.8 Å². The van der Waals surface area contributed by atoms with E-state index >= 15 is 0 Å². The molecule has 2 N–H and O–H groups in total. The number of rotatable bonds is 6. The molecule has 2 aromatic carbocycles. The Morgan fingerprint density at radius 3 is 2.48 bits per heavy atom. The van der Waals surface area contributed by atoms with Crippen LogP contribution in [-0.4, -0.2) is 44.0 Å². The van der Waals surface area contributed by atoms with Crippen molar-refractivity contribution >= 4 is 27.3 Å². The summed E-state index contributed by atoms with van der Waals surface area (Å²) < 4.78 is 25.0. The molecular weight excluding hydrogens is 338 g/mol. The van der Waals surface area contributed by atoms with Gasteiger partial charge in [0.25, 0.3) is 5.91 Å². The zero-order valence-corrected chi connectivity index (χ0v) is 14.6. The molecule has 0 bridgehead atoms. The van der Waals surface area contributed by atoms with Gasteiger partial charge in [-0.25, -0.2) is 12.7 Å². The molecular formula is C18H21N3O3S. The van der Waals surface area contributed by atoms with Crippen LogP contribution in [0.25, 0.3) is 0 Å². The van der Waals surface area contributed by atoms with Crippen LogP contribution in [0.1, 0.15) is 16.8 Å². The van der Waals surface area contributed by atoms with Crippen LogP contribution in [-0.2, 0) is 10.0 Å². The molecule has 0 spiro atoms. The van der Waals surface area contributed by atoms with Crippen LogP contribution in [0.2, 0.25) is 0 Å². The SMILES string of the molecule is O=C(NCCN1CCCS1(=O)=O)c1ccccc1Nc1ccccc1. The minimum Gasteiger partial charge on any atom is -0.355 e. The van der Waals surface area contributed by atoms with Crippen LogP contribution < -0.4 is 10.6 Å². The van der Waals surface area contributed by atoms with Gasteiger partial charge >= 0.3 is 0 Å². The first-order chi connectivity index (χ1) is 12.1. The standard InChI is InChI=1S/C18H21N3O3S/c22-18(19-11-13-21-12-6-14-25(21,23)24)16-9-4-5-10-17(16)20-15-7-2-1-3-8-15/h1-5,7-10,20H,6,11-14H2,(H,19,22). The lowest BCUT2D eigenvalue weighted by atomic mass is 10.1. The fourth-order valence-electron chi connectivity index (χ4n) is 2.80. The summed E-state index contributed by atoms with van der Waals surface area (Å²) in [6.07, 6.45) is 0.653. The predicted octanol–water partition coefficient (Wildman–Crippen LogP) is 2.20. The van der Waals surface area contributed by atoms with Gasteiger partial charge in [-0.1, -0.05) is 30.3 Å². The zero-order valence-electron chi connectivity index (χ0n) is 13.8. The third kappa shape index (κ3) is 4.37. The summed E-state index contributed by atoms with van der Waals surface area (Å²) >= 11 is 0. The summed E-state index contributed by atoms with van der Waals surface area (Å²) in [5.74, 6) is -0.0271. The van der Waals surface area contributed by atoms with Crippen LogP contribution in [0.3, 0.4) is 0 Å². The monoisotopic (exact) mass is 359 g/mol. The fraction of sp³-hybridized carbons (Fsp3) is 0.278. The zero-order chi connectivity index (χ0) is 17.7. The van der Waals surface area contributed by atoms with Gasteiger partial charge < -0.3 is 10.6 Å². The second-order valence-corrected chi connectivity index (χ2v) is 7.95. The second kappa shape index (κ2) is 7.67. The number of amides is 1. The quantitative estimate of drug-likeness (QED) is 0.829. The van der Waals surface area contributed by atoms with Gasteiger partial charge in [-0.15, -0.1) is 0 Å². The smallest absolute Gasteiger partial charge is 0.253 e. The number of anilines is 2. The summed E-state index contributed by atoms with van der Waals surface area (Å²) in [6.45, 7) is 1.13. The van der Waals surface area contributed by atoms with Crippen LogP contribution in [0.5, 0.6) is 0 Å². The largest absolute Gasteiger partial charge is 0.355 e. The third-order valence-corrected chi connectivity index (χ3v) is 6.03. The fourth-order valence-corrected chi connectivity index (χ4v) is 4.33. The van der Waals surface area contributed by atoms with Crippen molar-refractivity contribution in [2.24, 2.45) is 0 Å². The van der Waals surface area contributed by atoms with Crippen molar-refractivity contribution in [1.29, 1.82) is 0 Å². The molecule has 1 aliphatic heterocycles. The van der Waals surface area contributed by atoms with E-state index in [-0.39, 0.29) is 18.2 Å². The minimum absolute atomic E-state index is 0.199. The molecule has 25 heavy (non-hydrogen) atoms. The molecule has 0 atom stereocenters. The Labute approximate surface area is 147 Å². The molecule has 1 heterocycles. The van der Waals surface area contributed by atoms with E-state index < -0.39 is 10.0 Å². The van der Waals surface area contributed by atoms with Crippen molar-refractivity contribution in [3.8, 4) is 0 Å². The molecule has 0 radical (unpaired) electrons. The van der Waals surface area contributed by atoms with Gasteiger partial charge in [-0.05, 0) is 30.7 Å². The van der Waals surface area contributed by atoms with E-state index in [2.05, 4.69) is 10.6 Å². The highest BCUT2D eigenvalue weighted by Crippen LogP contribution is 2.20. The molecule has 1 saturated heterocycles. The van der Waals surface area contributed by atoms with Gasteiger partial charge in [0.15, 0.2) is 0 Å². The maximum Gasteiger partial charge on any atom is 0.253 e. The first-order valence-corrected chi connectivity index (χ1v) is 9.84. The van der Waals surface area contributed by atoms with Crippen LogP contribution in [0.4, 0.5) is 11.4 Å². The maximum atomic E-state index is 12.5. The van der Waals surface area contributed by atoms with Crippen LogP contribution in [0.15, 0.2) is 54.6 Å². The van der Waals surface area contributed by atoms with E-state index in [0.717, 1.165) is 5.69 Å². The number of sulfonamides is 1. The van der Waals surface area contributed by atoms with Crippen LogP contribution >= 0.6 is 0 Å². The first-order valence-electron chi connectivity index (χ1n) is 8.23. The summed E-state index contributed by atoms with van der Waals surface area (Å²) in [4.78, 5) is 12.5. The molecule has 0 aliphatic carbocycles. The lowest BCUT2D eigenvalue weighted by Gasteiger charge is -2.15. The molecule has 7 heteroatoms. The first kappa shape index (κ1) is 17.4. The highest BCUT2D eigenvalue weighted by molar-refractivity contribution is 7.89. The van der Waals surface area contributed by atoms with Gasteiger partial charge in [-0.3, -0.25) is 4.79 Å². The molecule has 6 nitrogen and oxygen atoms in total. The Morgan fingerprint density at radius 2 is 1.76 bits per heavy atom. The molecule has 1 fully saturated rings. The normalized spacial score (nSPS) is 16.5. The summed E-state index contributed by atoms with van der Waals surface area (Å²) in [7, 11) is -3.13. The van der Waals surface area contributed by atoms with Gasteiger partial charge in [0.2, 0.25) is 10.0 Å². The van der Waals surface area contributed by atoms with Gasteiger partial charge in [0.05, 0.1) is 17.0 Å². The Hall–Kier alpha value is -2.38. The second-order valence-electron chi connectivity index (χ2n) is 5.86. The maximum absolute atomic E-state index is 12.5. The number of carbonyl (C=O) groups excluding carboxylic acids is 1. The highest BCUT2D eigenvalue weighted by Gasteiger charge is 2.27. The number of hydrogen-bond donors (Lipinski definition) is 2. The number of hydrogen-bond acceptors (Lipinski definition) is 4. The Bertz CT molecular complexity index is 838. The van der Waals surface area contributed by atoms with E-state index in [1.807, 2.05) is 42.5 Å². The van der Waals surface area contributed by atoms with E-state index in [9.17, 15) is 13.2 Å². The van der Waals surface area contributed by atoms with Crippen molar-refractivity contribution in [2.45, 2.75) is 6.42 Å². The van der Waals surface area contributed by atoms with Crippen molar-refractivity contribution in [2.75, 3.05) is 30.7 Å². The van der Waals surface area contributed by atoms with Crippen molar-refractivity contribution in [3.63, 3.8) is 0 Å². The molecule has 1 aliphatic rings. The topological polar surface area (TPSA) is 78.5 Å².